The van der Waals surface area contributed by atoms with Crippen molar-refractivity contribution in [1.29, 1.82) is 0 Å². The molecule has 5 N–H and O–H groups in total. The fraction of sp³-hybridized carbons (Fsp3) is 0.182. The molecule has 0 bridgehead atoms. The molecule has 1 atom stereocenters. The van der Waals surface area contributed by atoms with E-state index in [0.717, 1.165) is 5.56 Å². The van der Waals surface area contributed by atoms with E-state index in [2.05, 4.69) is 20.5 Å². The Morgan fingerprint density at radius 2 is 2.06 bits per heavy atom. The highest BCUT2D eigenvalue weighted by atomic mass is 16.2. The van der Waals surface area contributed by atoms with Crippen LogP contribution in [0.1, 0.15) is 18.5 Å². The summed E-state index contributed by atoms with van der Waals surface area (Å²) in [5, 5.41) is 8.69. The molecule has 0 aliphatic carbocycles. The largest absolute Gasteiger partial charge is 0.398 e. The van der Waals surface area contributed by atoms with Crippen LogP contribution in [-0.2, 0) is 0 Å². The van der Waals surface area contributed by atoms with E-state index in [-0.39, 0.29) is 11.9 Å². The van der Waals surface area contributed by atoms with Crippen molar-refractivity contribution in [2.75, 3.05) is 11.1 Å². The van der Waals surface area contributed by atoms with Crippen molar-refractivity contribution in [2.45, 2.75) is 13.0 Å². The lowest BCUT2D eigenvalue weighted by molar-refractivity contribution is 0.828. The minimum Gasteiger partial charge on any atom is -0.398 e. The smallest absolute Gasteiger partial charge is 0.342 e. The van der Waals surface area contributed by atoms with Gasteiger partial charge in [0.25, 0.3) is 5.56 Å². The van der Waals surface area contributed by atoms with Crippen molar-refractivity contribution < 1.29 is 0 Å². The lowest BCUT2D eigenvalue weighted by Gasteiger charge is -2.15. The summed E-state index contributed by atoms with van der Waals surface area (Å²) in [6.45, 7) is 1.85. The first-order valence-electron chi connectivity index (χ1n) is 5.38. The van der Waals surface area contributed by atoms with Gasteiger partial charge >= 0.3 is 5.69 Å². The number of hydrogen-bond donors (Lipinski definition) is 4. The van der Waals surface area contributed by atoms with Gasteiger partial charge in [0.05, 0.1) is 6.04 Å². The Morgan fingerprint density at radius 3 is 2.72 bits per heavy atom. The number of nitrogens with zero attached hydrogens (tertiary/aromatic N) is 1. The number of hydrogen-bond acceptors (Lipinski definition) is 5. The molecular weight excluding hydrogens is 234 g/mol. The van der Waals surface area contributed by atoms with Gasteiger partial charge < -0.3 is 11.1 Å². The molecule has 2 aromatic rings. The van der Waals surface area contributed by atoms with Gasteiger partial charge in [-0.05, 0) is 18.6 Å². The van der Waals surface area contributed by atoms with Crippen LogP contribution < -0.4 is 22.3 Å². The van der Waals surface area contributed by atoms with Gasteiger partial charge in [-0.2, -0.15) is 0 Å². The molecule has 2 rings (SSSR count). The number of anilines is 2. The minimum atomic E-state index is -0.641. The van der Waals surface area contributed by atoms with Crippen LogP contribution in [0.4, 0.5) is 11.5 Å². The second-order valence-electron chi connectivity index (χ2n) is 3.85. The molecule has 0 aliphatic heterocycles. The van der Waals surface area contributed by atoms with E-state index >= 15 is 0 Å². The molecule has 0 aliphatic rings. The predicted octanol–water partition coefficient (Wildman–Crippen LogP) is 0.213. The van der Waals surface area contributed by atoms with Crippen LogP contribution in [-0.4, -0.2) is 15.2 Å². The van der Waals surface area contributed by atoms with Crippen molar-refractivity contribution in [3.8, 4) is 0 Å². The standard InChI is InChI=1S/C11H13N5O2/c1-6(7-4-2-3-5-8(7)12)13-9-10(17)14-11(18)16-15-9/h2-6H,12H2,1H3,(H,13,15)(H2,14,16,17,18). The molecule has 0 radical (unpaired) electrons. The number of rotatable bonds is 3. The van der Waals surface area contributed by atoms with E-state index in [9.17, 15) is 9.59 Å². The van der Waals surface area contributed by atoms with Gasteiger partial charge in [0.15, 0.2) is 0 Å². The SMILES string of the molecule is CC(Nc1n[nH]c(=O)[nH]c1=O)c1ccccc1N. The average molecular weight is 247 g/mol. The van der Waals surface area contributed by atoms with Crippen LogP contribution in [0.5, 0.6) is 0 Å². The molecular formula is C11H13N5O2. The van der Waals surface area contributed by atoms with Crippen molar-refractivity contribution in [3.05, 3.63) is 50.7 Å². The second kappa shape index (κ2) is 4.74. The number of nitrogen functional groups attached to an aromatic ring is 1. The average Bonchev–Trinajstić information content (AvgIpc) is 2.33. The van der Waals surface area contributed by atoms with Gasteiger partial charge in [-0.3, -0.25) is 9.78 Å². The highest BCUT2D eigenvalue weighted by molar-refractivity contribution is 5.50. The molecule has 94 valence electrons. The molecule has 1 heterocycles. The van der Waals surface area contributed by atoms with E-state index in [1.54, 1.807) is 6.07 Å². The summed E-state index contributed by atoms with van der Waals surface area (Å²) in [5.41, 5.74) is 6.10. The fourth-order valence-electron chi connectivity index (χ4n) is 1.63. The summed E-state index contributed by atoms with van der Waals surface area (Å²) in [4.78, 5) is 24.4. The van der Waals surface area contributed by atoms with Crippen LogP contribution >= 0.6 is 0 Å². The zero-order valence-corrected chi connectivity index (χ0v) is 9.73. The number of H-pyrrole nitrogens is 2. The zero-order chi connectivity index (χ0) is 13.1. The third-order valence-electron chi connectivity index (χ3n) is 2.53. The monoisotopic (exact) mass is 247 g/mol. The third-order valence-corrected chi connectivity index (χ3v) is 2.53. The summed E-state index contributed by atoms with van der Waals surface area (Å²) in [6.07, 6.45) is 0. The maximum atomic E-state index is 11.5. The maximum Gasteiger partial charge on any atom is 0.342 e. The zero-order valence-electron chi connectivity index (χ0n) is 9.73. The predicted molar refractivity (Wildman–Crippen MR) is 68.4 cm³/mol. The lowest BCUT2D eigenvalue weighted by atomic mass is 10.1. The maximum absolute atomic E-state index is 11.5. The fourth-order valence-corrected chi connectivity index (χ4v) is 1.63. The first-order chi connectivity index (χ1) is 8.58. The van der Waals surface area contributed by atoms with Crippen LogP contribution in [0, 0.1) is 0 Å². The van der Waals surface area contributed by atoms with Crippen LogP contribution in [0.25, 0.3) is 0 Å². The summed E-state index contributed by atoms with van der Waals surface area (Å²) < 4.78 is 0. The molecule has 0 saturated heterocycles. The Hall–Kier alpha value is -2.57. The van der Waals surface area contributed by atoms with Crippen LogP contribution in [0.3, 0.4) is 0 Å². The van der Waals surface area contributed by atoms with Crippen molar-refractivity contribution in [2.24, 2.45) is 0 Å². The van der Waals surface area contributed by atoms with Gasteiger partial charge in [-0.15, -0.1) is 5.10 Å². The molecule has 1 aromatic heterocycles. The van der Waals surface area contributed by atoms with Crippen molar-refractivity contribution in [1.82, 2.24) is 15.2 Å². The molecule has 7 heteroatoms. The molecule has 0 fully saturated rings. The number of nitrogens with one attached hydrogen (secondary N) is 3. The highest BCUT2D eigenvalue weighted by Crippen LogP contribution is 2.21. The van der Waals surface area contributed by atoms with E-state index in [0.29, 0.717) is 5.69 Å². The molecule has 18 heavy (non-hydrogen) atoms. The molecule has 1 aromatic carbocycles. The Balaban J connectivity index is 2.27. The summed E-state index contributed by atoms with van der Waals surface area (Å²) in [6, 6.07) is 7.11. The quantitative estimate of drug-likeness (QED) is 0.578. The van der Waals surface area contributed by atoms with Gasteiger partial charge in [-0.25, -0.2) is 9.89 Å². The van der Waals surface area contributed by atoms with Gasteiger partial charge in [0, 0.05) is 5.69 Å². The number of aromatic amines is 2. The van der Waals surface area contributed by atoms with Gasteiger partial charge in [0.1, 0.15) is 0 Å². The topological polar surface area (TPSA) is 117 Å². The Kier molecular flexibility index (Phi) is 3.13. The van der Waals surface area contributed by atoms with E-state index in [1.165, 1.54) is 0 Å². The van der Waals surface area contributed by atoms with Gasteiger partial charge in [0.2, 0.25) is 5.82 Å². The van der Waals surface area contributed by atoms with Crippen molar-refractivity contribution in [3.63, 3.8) is 0 Å². The molecule has 7 nitrogen and oxygen atoms in total. The lowest BCUT2D eigenvalue weighted by Crippen LogP contribution is -2.27. The molecule has 1 unspecified atom stereocenters. The Bertz CT molecular complexity index is 661. The minimum absolute atomic E-state index is 0.0466. The van der Waals surface area contributed by atoms with Crippen molar-refractivity contribution >= 4 is 11.5 Å². The first-order valence-corrected chi connectivity index (χ1v) is 5.38. The summed E-state index contributed by atoms with van der Waals surface area (Å²) in [7, 11) is 0. The Morgan fingerprint density at radius 1 is 1.33 bits per heavy atom. The normalized spacial score (nSPS) is 12.1. The third kappa shape index (κ3) is 2.40. The van der Waals surface area contributed by atoms with Crippen LogP contribution in [0.15, 0.2) is 33.9 Å². The van der Waals surface area contributed by atoms with Crippen LogP contribution in [0.2, 0.25) is 0 Å². The summed E-state index contributed by atoms with van der Waals surface area (Å²) in [5.74, 6) is 0.0466. The number of para-hydroxylation sites is 1. The van der Waals surface area contributed by atoms with E-state index in [1.807, 2.05) is 25.1 Å². The summed E-state index contributed by atoms with van der Waals surface area (Å²) >= 11 is 0. The number of aromatic nitrogens is 3. The second-order valence-corrected chi connectivity index (χ2v) is 3.85. The van der Waals surface area contributed by atoms with E-state index in [4.69, 9.17) is 5.73 Å². The highest BCUT2D eigenvalue weighted by Gasteiger charge is 2.11. The molecule has 0 saturated carbocycles. The number of nitrogens with two attached hydrogens (primary N) is 1. The number of benzene rings is 1. The van der Waals surface area contributed by atoms with Gasteiger partial charge in [-0.1, -0.05) is 18.2 Å². The first kappa shape index (κ1) is 11.9. The molecule has 0 spiro atoms. The Labute approximate surface area is 102 Å². The molecule has 0 amide bonds. The van der Waals surface area contributed by atoms with E-state index < -0.39 is 11.2 Å².